The van der Waals surface area contributed by atoms with Crippen molar-refractivity contribution in [3.63, 3.8) is 0 Å². The van der Waals surface area contributed by atoms with Crippen LogP contribution in [-0.2, 0) is 20.8 Å². The first-order valence-corrected chi connectivity index (χ1v) is 8.72. The number of hydrogen-bond donors (Lipinski definition) is 1. The van der Waals surface area contributed by atoms with Gasteiger partial charge in [0.15, 0.2) is 5.58 Å². The van der Waals surface area contributed by atoms with E-state index in [1.807, 2.05) is 0 Å². The summed E-state index contributed by atoms with van der Waals surface area (Å²) in [6, 6.07) is 10.7. The molecule has 0 radical (unpaired) electrons. The zero-order chi connectivity index (χ0) is 21.0. The minimum Gasteiger partial charge on any atom is -0.465 e. The maximum absolute atomic E-state index is 12.5. The van der Waals surface area contributed by atoms with Crippen LogP contribution in [-0.4, -0.2) is 36.1 Å². The number of amides is 1. The first-order valence-electron chi connectivity index (χ1n) is 8.72. The molecule has 29 heavy (non-hydrogen) atoms. The fourth-order valence-electron chi connectivity index (χ4n) is 2.77. The van der Waals surface area contributed by atoms with E-state index in [-0.39, 0.29) is 35.5 Å². The van der Waals surface area contributed by atoms with Crippen LogP contribution >= 0.6 is 0 Å². The van der Waals surface area contributed by atoms with Gasteiger partial charge in [-0.05, 0) is 37.3 Å². The summed E-state index contributed by atoms with van der Waals surface area (Å²) in [4.78, 5) is 48.3. The molecule has 0 saturated heterocycles. The van der Waals surface area contributed by atoms with Gasteiger partial charge in [-0.1, -0.05) is 12.1 Å². The van der Waals surface area contributed by atoms with E-state index in [2.05, 4.69) is 10.1 Å². The topological polar surface area (TPSA) is 117 Å². The fraction of sp³-hybridized carbons (Fsp3) is 0.200. The quantitative estimate of drug-likeness (QED) is 0.633. The molecule has 9 nitrogen and oxygen atoms in total. The molecule has 0 atom stereocenters. The number of esters is 2. The summed E-state index contributed by atoms with van der Waals surface area (Å²) in [5.74, 6) is -2.43. The average Bonchev–Trinajstić information content (AvgIpc) is 3.02. The first kappa shape index (κ1) is 19.9. The number of anilines is 1. The summed E-state index contributed by atoms with van der Waals surface area (Å²) in [6.07, 6.45) is 0. The highest BCUT2D eigenvalue weighted by Crippen LogP contribution is 2.18. The van der Waals surface area contributed by atoms with Gasteiger partial charge in [-0.25, -0.2) is 14.4 Å². The number of carbonyl (C=O) groups excluding carboxylic acids is 3. The van der Waals surface area contributed by atoms with Crippen molar-refractivity contribution >= 4 is 34.6 Å². The Morgan fingerprint density at radius 3 is 2.59 bits per heavy atom. The van der Waals surface area contributed by atoms with Crippen LogP contribution in [0.4, 0.5) is 5.69 Å². The predicted molar refractivity (Wildman–Crippen MR) is 103 cm³/mol. The van der Waals surface area contributed by atoms with Gasteiger partial charge in [0.25, 0.3) is 0 Å². The van der Waals surface area contributed by atoms with Crippen LogP contribution in [0.3, 0.4) is 0 Å². The molecule has 0 aliphatic carbocycles. The molecule has 150 valence electrons. The van der Waals surface area contributed by atoms with E-state index >= 15 is 0 Å². The Hall–Kier alpha value is -3.88. The molecule has 1 amide bonds. The summed E-state index contributed by atoms with van der Waals surface area (Å²) in [5.41, 5.74) is 1.18. The zero-order valence-corrected chi connectivity index (χ0v) is 15.8. The second-order valence-electron chi connectivity index (χ2n) is 5.94. The molecule has 1 heterocycles. The Morgan fingerprint density at radius 1 is 1.10 bits per heavy atom. The standard InChI is InChI=1S/C20H18N2O7/c1-3-28-19(25)13-6-4-5-7-14(13)21-17(23)11-22-15-9-8-12(18(24)27-2)10-16(15)29-20(22)26/h4-10H,3,11H2,1-2H3,(H,21,23). The third-order valence-corrected chi connectivity index (χ3v) is 4.09. The number of hydrogen-bond acceptors (Lipinski definition) is 7. The van der Waals surface area contributed by atoms with Crippen LogP contribution in [0.1, 0.15) is 27.6 Å². The highest BCUT2D eigenvalue weighted by atomic mass is 16.5. The molecule has 9 heteroatoms. The number of ether oxygens (including phenoxy) is 2. The number of aromatic nitrogens is 1. The highest BCUT2D eigenvalue weighted by Gasteiger charge is 2.18. The maximum atomic E-state index is 12.5. The molecule has 3 aromatic rings. The number of nitrogens with one attached hydrogen (secondary N) is 1. The molecule has 0 bridgehead atoms. The largest absolute Gasteiger partial charge is 0.465 e. The van der Waals surface area contributed by atoms with E-state index in [0.29, 0.717) is 5.52 Å². The minimum atomic E-state index is -0.754. The lowest BCUT2D eigenvalue weighted by Gasteiger charge is -2.10. The van der Waals surface area contributed by atoms with Crippen molar-refractivity contribution in [2.75, 3.05) is 19.0 Å². The summed E-state index contributed by atoms with van der Waals surface area (Å²) in [6.45, 7) is 1.53. The normalized spacial score (nSPS) is 10.6. The second-order valence-corrected chi connectivity index (χ2v) is 5.94. The van der Waals surface area contributed by atoms with Gasteiger partial charge in [0.2, 0.25) is 5.91 Å². The predicted octanol–water partition coefficient (Wildman–Crippen LogP) is 2.20. The Morgan fingerprint density at radius 2 is 1.86 bits per heavy atom. The molecule has 3 rings (SSSR count). The fourth-order valence-corrected chi connectivity index (χ4v) is 2.77. The number of nitrogens with zero attached hydrogens (tertiary/aromatic N) is 1. The van der Waals surface area contributed by atoms with Gasteiger partial charge in [0.1, 0.15) is 6.54 Å². The lowest BCUT2D eigenvalue weighted by molar-refractivity contribution is -0.116. The molecule has 1 N–H and O–H groups in total. The smallest absolute Gasteiger partial charge is 0.420 e. The summed E-state index contributed by atoms with van der Waals surface area (Å²) in [5, 5.41) is 2.60. The Bertz CT molecular complexity index is 1140. The number of methoxy groups -OCH3 is 1. The van der Waals surface area contributed by atoms with Crippen LogP contribution < -0.4 is 11.1 Å². The Balaban J connectivity index is 1.84. The maximum Gasteiger partial charge on any atom is 0.420 e. The molecule has 0 aliphatic heterocycles. The minimum absolute atomic E-state index is 0.151. The first-order chi connectivity index (χ1) is 13.9. The third kappa shape index (κ3) is 4.18. The zero-order valence-electron chi connectivity index (χ0n) is 15.8. The Kier molecular flexibility index (Phi) is 5.77. The molecule has 0 fully saturated rings. The summed E-state index contributed by atoms with van der Waals surface area (Å²) in [7, 11) is 1.24. The second kappa shape index (κ2) is 8.42. The lowest BCUT2D eigenvalue weighted by atomic mass is 10.2. The van der Waals surface area contributed by atoms with Gasteiger partial charge < -0.3 is 19.2 Å². The highest BCUT2D eigenvalue weighted by molar-refractivity contribution is 6.01. The van der Waals surface area contributed by atoms with E-state index in [1.165, 1.54) is 31.4 Å². The molecular weight excluding hydrogens is 380 g/mol. The van der Waals surface area contributed by atoms with E-state index in [9.17, 15) is 19.2 Å². The van der Waals surface area contributed by atoms with Crippen LogP contribution in [0, 0.1) is 0 Å². The molecule has 0 aliphatic rings. The van der Waals surface area contributed by atoms with Crippen molar-refractivity contribution in [1.29, 1.82) is 0 Å². The number of para-hydroxylation sites is 1. The summed E-state index contributed by atoms with van der Waals surface area (Å²) >= 11 is 0. The van der Waals surface area contributed by atoms with Crippen molar-refractivity contribution < 1.29 is 28.3 Å². The van der Waals surface area contributed by atoms with Gasteiger partial charge in [0.05, 0.1) is 36.0 Å². The van der Waals surface area contributed by atoms with Crippen molar-refractivity contribution in [2.45, 2.75) is 13.5 Å². The third-order valence-electron chi connectivity index (χ3n) is 4.09. The van der Waals surface area contributed by atoms with Gasteiger partial charge in [0, 0.05) is 0 Å². The van der Waals surface area contributed by atoms with E-state index in [1.54, 1.807) is 25.1 Å². The van der Waals surface area contributed by atoms with E-state index < -0.39 is 23.6 Å². The molecule has 0 spiro atoms. The van der Waals surface area contributed by atoms with Gasteiger partial charge in [-0.3, -0.25) is 9.36 Å². The van der Waals surface area contributed by atoms with Crippen LogP contribution in [0.25, 0.3) is 11.1 Å². The number of fused-ring (bicyclic) bond motifs is 1. The van der Waals surface area contributed by atoms with Gasteiger partial charge in [-0.15, -0.1) is 0 Å². The van der Waals surface area contributed by atoms with Crippen molar-refractivity contribution in [2.24, 2.45) is 0 Å². The van der Waals surface area contributed by atoms with E-state index in [0.717, 1.165) is 4.57 Å². The average molecular weight is 398 g/mol. The van der Waals surface area contributed by atoms with Crippen molar-refractivity contribution in [1.82, 2.24) is 4.57 Å². The van der Waals surface area contributed by atoms with Crippen LogP contribution in [0.5, 0.6) is 0 Å². The van der Waals surface area contributed by atoms with Crippen LogP contribution in [0.2, 0.25) is 0 Å². The number of benzene rings is 2. The monoisotopic (exact) mass is 398 g/mol. The van der Waals surface area contributed by atoms with Crippen molar-refractivity contribution in [3.05, 3.63) is 64.1 Å². The number of carbonyl (C=O) groups is 3. The molecular formula is C20H18N2O7. The van der Waals surface area contributed by atoms with E-state index in [4.69, 9.17) is 9.15 Å². The van der Waals surface area contributed by atoms with Crippen LogP contribution in [0.15, 0.2) is 51.7 Å². The molecule has 0 saturated carbocycles. The summed E-state index contributed by atoms with van der Waals surface area (Å²) < 4.78 is 15.9. The van der Waals surface area contributed by atoms with Gasteiger partial charge >= 0.3 is 17.7 Å². The molecule has 0 unspecified atom stereocenters. The van der Waals surface area contributed by atoms with Gasteiger partial charge in [-0.2, -0.15) is 0 Å². The lowest BCUT2D eigenvalue weighted by Crippen LogP contribution is -2.25. The van der Waals surface area contributed by atoms with Crippen molar-refractivity contribution in [3.8, 4) is 0 Å². The molecule has 1 aromatic heterocycles. The number of oxazole rings is 1. The Labute approximate surface area is 164 Å². The SMILES string of the molecule is CCOC(=O)c1ccccc1NC(=O)Cn1c(=O)oc2cc(C(=O)OC)ccc21. The molecule has 2 aromatic carbocycles. The number of rotatable bonds is 6.